The number of carbonyl (C=O) groups excluding carboxylic acids is 1. The summed E-state index contributed by atoms with van der Waals surface area (Å²) in [6.45, 7) is -0.441. The van der Waals surface area contributed by atoms with Gasteiger partial charge in [-0.3, -0.25) is 9.48 Å². The molecule has 0 aliphatic heterocycles. The van der Waals surface area contributed by atoms with Gasteiger partial charge in [-0.2, -0.15) is 5.10 Å². The van der Waals surface area contributed by atoms with Crippen LogP contribution in [0.2, 0.25) is 0 Å². The van der Waals surface area contributed by atoms with Gasteiger partial charge in [0.05, 0.1) is 6.61 Å². The van der Waals surface area contributed by atoms with E-state index < -0.39 is 24.9 Å². The van der Waals surface area contributed by atoms with E-state index in [1.807, 2.05) is 0 Å². The number of alkyl halides is 2. The lowest BCUT2D eigenvalue weighted by atomic mass is 10.3. The number of halogens is 3. The van der Waals surface area contributed by atoms with E-state index in [0.29, 0.717) is 0 Å². The molecule has 1 amide bonds. The van der Waals surface area contributed by atoms with E-state index in [4.69, 9.17) is 10.5 Å². The Balaban J connectivity index is 0.00000289. The van der Waals surface area contributed by atoms with Gasteiger partial charge in [0.1, 0.15) is 12.6 Å². The molecule has 18 heavy (non-hydrogen) atoms. The first-order chi connectivity index (χ1) is 8.02. The quantitative estimate of drug-likeness (QED) is 0.796. The average molecular weight is 285 g/mol. The Morgan fingerprint density at radius 2 is 2.33 bits per heavy atom. The van der Waals surface area contributed by atoms with Crippen LogP contribution in [0.3, 0.4) is 0 Å². The molecule has 0 saturated heterocycles. The topological polar surface area (TPSA) is 82.2 Å². The smallest absolute Gasteiger partial charge is 0.257 e. The predicted octanol–water partition coefficient (Wildman–Crippen LogP) is 0.482. The molecule has 6 nitrogen and oxygen atoms in total. The predicted molar refractivity (Wildman–Crippen MR) is 64.0 cm³/mol. The van der Waals surface area contributed by atoms with Gasteiger partial charge in [0.15, 0.2) is 5.82 Å². The summed E-state index contributed by atoms with van der Waals surface area (Å²) in [5.41, 5.74) is 5.47. The SMILES string of the molecule is COCC(N)C(=O)Nc1ccn(CC(F)F)n1.Cl. The fourth-order valence-corrected chi connectivity index (χ4v) is 1.15. The van der Waals surface area contributed by atoms with Crippen molar-refractivity contribution in [2.75, 3.05) is 19.0 Å². The molecule has 0 fully saturated rings. The van der Waals surface area contributed by atoms with Crippen LogP contribution in [-0.2, 0) is 16.1 Å². The Kier molecular flexibility index (Phi) is 7.41. The summed E-state index contributed by atoms with van der Waals surface area (Å²) in [4.78, 5) is 11.4. The zero-order valence-corrected chi connectivity index (χ0v) is 10.5. The number of hydrogen-bond acceptors (Lipinski definition) is 4. The van der Waals surface area contributed by atoms with Crippen molar-refractivity contribution in [2.24, 2.45) is 5.73 Å². The number of rotatable bonds is 6. The first-order valence-corrected chi connectivity index (χ1v) is 4.90. The molecule has 3 N–H and O–H groups in total. The average Bonchev–Trinajstić information content (AvgIpc) is 2.64. The molecular formula is C9H15ClF2N4O2. The van der Waals surface area contributed by atoms with Gasteiger partial charge in [0, 0.05) is 19.4 Å². The molecule has 1 rings (SSSR count). The van der Waals surface area contributed by atoms with E-state index in [2.05, 4.69) is 10.4 Å². The molecule has 0 aliphatic carbocycles. The lowest BCUT2D eigenvalue weighted by Gasteiger charge is -2.09. The second kappa shape index (κ2) is 7.96. The third-order valence-corrected chi connectivity index (χ3v) is 1.90. The van der Waals surface area contributed by atoms with Gasteiger partial charge in [0.25, 0.3) is 6.43 Å². The minimum absolute atomic E-state index is 0. The Morgan fingerprint density at radius 1 is 1.67 bits per heavy atom. The van der Waals surface area contributed by atoms with Crippen LogP contribution in [0.1, 0.15) is 0 Å². The summed E-state index contributed by atoms with van der Waals surface area (Å²) in [5, 5.41) is 6.14. The van der Waals surface area contributed by atoms with Gasteiger partial charge in [-0.15, -0.1) is 12.4 Å². The highest BCUT2D eigenvalue weighted by Crippen LogP contribution is 2.05. The van der Waals surface area contributed by atoms with Crippen molar-refractivity contribution >= 4 is 24.1 Å². The molecule has 0 aliphatic rings. The molecule has 0 bridgehead atoms. The van der Waals surface area contributed by atoms with Crippen LogP contribution in [0.15, 0.2) is 12.3 Å². The van der Waals surface area contributed by atoms with Gasteiger partial charge in [-0.05, 0) is 0 Å². The number of aromatic nitrogens is 2. The summed E-state index contributed by atoms with van der Waals surface area (Å²) >= 11 is 0. The second-order valence-corrected chi connectivity index (χ2v) is 3.37. The minimum Gasteiger partial charge on any atom is -0.383 e. The van der Waals surface area contributed by atoms with Gasteiger partial charge >= 0.3 is 0 Å². The normalized spacial score (nSPS) is 12.1. The number of carbonyl (C=O) groups is 1. The lowest BCUT2D eigenvalue weighted by Crippen LogP contribution is -2.39. The van der Waals surface area contributed by atoms with Crippen LogP contribution in [0.5, 0.6) is 0 Å². The maximum atomic E-state index is 12.0. The third-order valence-electron chi connectivity index (χ3n) is 1.90. The molecule has 1 aromatic heterocycles. The van der Waals surface area contributed by atoms with Gasteiger partial charge in [-0.1, -0.05) is 0 Å². The molecule has 0 aromatic carbocycles. The van der Waals surface area contributed by atoms with Gasteiger partial charge in [0.2, 0.25) is 5.91 Å². The highest BCUT2D eigenvalue weighted by molar-refractivity contribution is 5.93. The van der Waals surface area contributed by atoms with Crippen molar-refractivity contribution in [1.29, 1.82) is 0 Å². The number of nitrogens with two attached hydrogens (primary N) is 1. The third kappa shape index (κ3) is 5.39. The zero-order chi connectivity index (χ0) is 12.8. The molecule has 1 unspecified atom stereocenters. The molecule has 0 spiro atoms. The molecule has 1 heterocycles. The summed E-state index contributed by atoms with van der Waals surface area (Å²) in [6.07, 6.45) is -1.14. The molecule has 1 aromatic rings. The van der Waals surface area contributed by atoms with Crippen LogP contribution >= 0.6 is 12.4 Å². The maximum absolute atomic E-state index is 12.0. The number of ether oxygens (including phenoxy) is 1. The van der Waals surface area contributed by atoms with E-state index in [1.54, 1.807) is 0 Å². The van der Waals surface area contributed by atoms with Crippen LogP contribution in [0, 0.1) is 0 Å². The van der Waals surface area contributed by atoms with Crippen molar-refractivity contribution in [2.45, 2.75) is 19.0 Å². The van der Waals surface area contributed by atoms with E-state index in [-0.39, 0.29) is 24.8 Å². The summed E-state index contributed by atoms with van der Waals surface area (Å²) in [6, 6.07) is 0.597. The summed E-state index contributed by atoms with van der Waals surface area (Å²) in [5.74, 6) is -0.295. The first kappa shape index (κ1) is 16.8. The van der Waals surface area contributed by atoms with Crippen LogP contribution in [0.4, 0.5) is 14.6 Å². The number of methoxy groups -OCH3 is 1. The summed E-state index contributed by atoms with van der Waals surface area (Å²) < 4.78 is 29.8. The number of hydrogen-bond donors (Lipinski definition) is 2. The van der Waals surface area contributed by atoms with E-state index in [9.17, 15) is 13.6 Å². The van der Waals surface area contributed by atoms with Crippen LogP contribution in [0.25, 0.3) is 0 Å². The Hall–Kier alpha value is -1.25. The first-order valence-electron chi connectivity index (χ1n) is 4.90. The molecule has 0 radical (unpaired) electrons. The highest BCUT2D eigenvalue weighted by atomic mass is 35.5. The largest absolute Gasteiger partial charge is 0.383 e. The highest BCUT2D eigenvalue weighted by Gasteiger charge is 2.14. The molecule has 9 heteroatoms. The second-order valence-electron chi connectivity index (χ2n) is 3.37. The van der Waals surface area contributed by atoms with E-state index in [0.717, 1.165) is 4.68 Å². The lowest BCUT2D eigenvalue weighted by molar-refractivity contribution is -0.118. The zero-order valence-electron chi connectivity index (χ0n) is 9.68. The standard InChI is InChI=1S/C9H14F2N4O2.ClH/c1-17-5-6(12)9(16)13-8-2-3-15(14-8)4-7(10)11;/h2-3,6-7H,4-5,12H2,1H3,(H,13,14,16);1H. The van der Waals surface area contributed by atoms with Crippen molar-refractivity contribution in [3.8, 4) is 0 Å². The molecule has 104 valence electrons. The molecule has 0 saturated carbocycles. The number of amides is 1. The maximum Gasteiger partial charge on any atom is 0.257 e. The Bertz CT molecular complexity index is 375. The molecule has 1 atom stereocenters. The van der Waals surface area contributed by atoms with Crippen LogP contribution < -0.4 is 11.1 Å². The van der Waals surface area contributed by atoms with Crippen molar-refractivity contribution < 1.29 is 18.3 Å². The monoisotopic (exact) mass is 284 g/mol. The van der Waals surface area contributed by atoms with E-state index >= 15 is 0 Å². The number of anilines is 1. The van der Waals surface area contributed by atoms with Crippen molar-refractivity contribution in [3.63, 3.8) is 0 Å². The van der Waals surface area contributed by atoms with Gasteiger partial charge < -0.3 is 15.8 Å². The number of nitrogens with zero attached hydrogens (tertiary/aromatic N) is 2. The fourth-order valence-electron chi connectivity index (χ4n) is 1.15. The van der Waals surface area contributed by atoms with E-state index in [1.165, 1.54) is 19.4 Å². The Labute approximate surface area is 109 Å². The summed E-state index contributed by atoms with van der Waals surface area (Å²) in [7, 11) is 1.42. The Morgan fingerprint density at radius 3 is 2.89 bits per heavy atom. The molecular weight excluding hydrogens is 270 g/mol. The van der Waals surface area contributed by atoms with Crippen molar-refractivity contribution in [1.82, 2.24) is 9.78 Å². The van der Waals surface area contributed by atoms with Gasteiger partial charge in [-0.25, -0.2) is 8.78 Å². The van der Waals surface area contributed by atoms with Crippen molar-refractivity contribution in [3.05, 3.63) is 12.3 Å². The fraction of sp³-hybridized carbons (Fsp3) is 0.556. The minimum atomic E-state index is -2.49. The number of nitrogens with one attached hydrogen (secondary N) is 1. The van der Waals surface area contributed by atoms with Crippen LogP contribution in [-0.4, -0.2) is 41.9 Å².